The van der Waals surface area contributed by atoms with Gasteiger partial charge in [-0.25, -0.2) is 14.5 Å². The Balaban J connectivity index is 1.59. The van der Waals surface area contributed by atoms with Crippen LogP contribution in [0.25, 0.3) is 22.3 Å². The van der Waals surface area contributed by atoms with Gasteiger partial charge >= 0.3 is 5.97 Å². The van der Waals surface area contributed by atoms with Gasteiger partial charge in [-0.15, -0.1) is 0 Å². The predicted octanol–water partition coefficient (Wildman–Crippen LogP) is 4.63. The number of pyridine rings is 1. The van der Waals surface area contributed by atoms with Gasteiger partial charge in [-0.05, 0) is 32.0 Å². The summed E-state index contributed by atoms with van der Waals surface area (Å²) in [6, 6.07) is 16.6. The Bertz CT molecular complexity index is 1250. The molecule has 5 rings (SSSR count). The van der Waals surface area contributed by atoms with Crippen molar-refractivity contribution in [3.8, 4) is 28.5 Å². The van der Waals surface area contributed by atoms with Crippen LogP contribution < -0.4 is 14.2 Å². The highest BCUT2D eigenvalue weighted by Gasteiger charge is 2.21. The first kappa shape index (κ1) is 18.2. The molecule has 150 valence electrons. The number of hydrogen-bond acceptors (Lipinski definition) is 6. The van der Waals surface area contributed by atoms with Crippen LogP contribution in [0.1, 0.15) is 30.2 Å². The molecule has 0 radical (unpaired) electrons. The summed E-state index contributed by atoms with van der Waals surface area (Å²) < 4.78 is 18.1. The molecule has 1 aliphatic heterocycles. The molecule has 7 heteroatoms. The zero-order chi connectivity index (χ0) is 20.7. The van der Waals surface area contributed by atoms with E-state index in [2.05, 4.69) is 5.10 Å². The van der Waals surface area contributed by atoms with E-state index in [1.807, 2.05) is 44.2 Å². The summed E-state index contributed by atoms with van der Waals surface area (Å²) in [7, 11) is 0. The number of carbonyl (C=O) groups is 1. The third-order valence-electron chi connectivity index (χ3n) is 4.90. The van der Waals surface area contributed by atoms with E-state index in [4.69, 9.17) is 19.2 Å². The van der Waals surface area contributed by atoms with Gasteiger partial charge in [-0.2, -0.15) is 5.10 Å². The second kappa shape index (κ2) is 7.18. The average Bonchev–Trinajstić information content (AvgIpc) is 3.40. The Hall–Kier alpha value is -3.87. The lowest BCUT2D eigenvalue weighted by molar-refractivity contribution is 0.0736. The molecule has 0 atom stereocenters. The Morgan fingerprint density at radius 1 is 1.07 bits per heavy atom. The Labute approximate surface area is 172 Å². The van der Waals surface area contributed by atoms with Gasteiger partial charge in [0.15, 0.2) is 17.1 Å². The molecule has 3 heterocycles. The molecule has 2 aromatic carbocycles. The predicted molar refractivity (Wildman–Crippen MR) is 111 cm³/mol. The number of esters is 1. The first-order chi connectivity index (χ1) is 14.6. The van der Waals surface area contributed by atoms with Crippen molar-refractivity contribution in [2.24, 2.45) is 0 Å². The van der Waals surface area contributed by atoms with E-state index < -0.39 is 5.97 Å². The smallest absolute Gasteiger partial charge is 0.344 e. The van der Waals surface area contributed by atoms with Gasteiger partial charge in [-0.3, -0.25) is 0 Å². The number of aromatic nitrogens is 3. The fourth-order valence-electron chi connectivity index (χ4n) is 3.42. The standard InChI is InChI=1S/C23H19N3O4/c1-14(2)26-22-18(12-24-26)17(11-19(25-22)15-6-4-3-5-7-15)23(27)30-16-8-9-20-21(10-16)29-13-28-20/h3-12,14H,13H2,1-2H3. The summed E-state index contributed by atoms with van der Waals surface area (Å²) >= 11 is 0. The third-order valence-corrected chi connectivity index (χ3v) is 4.90. The number of nitrogens with zero attached hydrogens (tertiary/aromatic N) is 3. The molecular formula is C23H19N3O4. The van der Waals surface area contributed by atoms with Crippen LogP contribution in [0.3, 0.4) is 0 Å². The number of benzene rings is 2. The topological polar surface area (TPSA) is 75.5 Å². The third kappa shape index (κ3) is 3.14. The average molecular weight is 401 g/mol. The van der Waals surface area contributed by atoms with Crippen molar-refractivity contribution in [3.63, 3.8) is 0 Å². The summed E-state index contributed by atoms with van der Waals surface area (Å²) in [6.45, 7) is 4.20. The van der Waals surface area contributed by atoms with Gasteiger partial charge in [0.05, 0.1) is 22.8 Å². The van der Waals surface area contributed by atoms with Crippen molar-refractivity contribution in [3.05, 3.63) is 66.4 Å². The van der Waals surface area contributed by atoms with Crippen molar-refractivity contribution in [1.29, 1.82) is 0 Å². The summed E-state index contributed by atoms with van der Waals surface area (Å²) in [4.78, 5) is 17.9. The zero-order valence-corrected chi connectivity index (χ0v) is 16.5. The highest BCUT2D eigenvalue weighted by atomic mass is 16.7. The van der Waals surface area contributed by atoms with Gasteiger partial charge in [0, 0.05) is 17.7 Å². The molecule has 0 aliphatic carbocycles. The molecule has 0 fully saturated rings. The van der Waals surface area contributed by atoms with E-state index >= 15 is 0 Å². The van der Waals surface area contributed by atoms with Gasteiger partial charge < -0.3 is 14.2 Å². The van der Waals surface area contributed by atoms with Crippen LogP contribution in [0.5, 0.6) is 17.2 Å². The van der Waals surface area contributed by atoms with Crippen molar-refractivity contribution in [1.82, 2.24) is 14.8 Å². The molecule has 0 amide bonds. The van der Waals surface area contributed by atoms with Crippen molar-refractivity contribution >= 4 is 17.0 Å². The fraction of sp³-hybridized carbons (Fsp3) is 0.174. The molecule has 0 spiro atoms. The molecule has 4 aromatic rings. The monoisotopic (exact) mass is 401 g/mol. The van der Waals surface area contributed by atoms with Gasteiger partial charge in [0.1, 0.15) is 5.75 Å². The van der Waals surface area contributed by atoms with Crippen molar-refractivity contribution < 1.29 is 19.0 Å². The van der Waals surface area contributed by atoms with Crippen LogP contribution in [0.2, 0.25) is 0 Å². The quantitative estimate of drug-likeness (QED) is 0.367. The molecule has 7 nitrogen and oxygen atoms in total. The van der Waals surface area contributed by atoms with E-state index in [9.17, 15) is 4.79 Å². The lowest BCUT2D eigenvalue weighted by Gasteiger charge is -2.11. The van der Waals surface area contributed by atoms with Gasteiger partial charge in [0.2, 0.25) is 6.79 Å². The lowest BCUT2D eigenvalue weighted by Crippen LogP contribution is -2.11. The van der Waals surface area contributed by atoms with E-state index in [1.54, 1.807) is 35.1 Å². The number of fused-ring (bicyclic) bond motifs is 2. The molecule has 30 heavy (non-hydrogen) atoms. The van der Waals surface area contributed by atoms with Crippen LogP contribution in [-0.4, -0.2) is 27.5 Å². The van der Waals surface area contributed by atoms with Crippen LogP contribution in [-0.2, 0) is 0 Å². The maximum Gasteiger partial charge on any atom is 0.344 e. The van der Waals surface area contributed by atoms with Crippen LogP contribution >= 0.6 is 0 Å². The fourth-order valence-corrected chi connectivity index (χ4v) is 3.42. The summed E-state index contributed by atoms with van der Waals surface area (Å²) in [6.07, 6.45) is 1.66. The van der Waals surface area contributed by atoms with Crippen molar-refractivity contribution in [2.75, 3.05) is 6.79 Å². The van der Waals surface area contributed by atoms with E-state index in [0.717, 1.165) is 5.56 Å². The SMILES string of the molecule is CC(C)n1ncc2c(C(=O)Oc3ccc4c(c3)OCO4)cc(-c3ccccc3)nc21. The van der Waals surface area contributed by atoms with Crippen LogP contribution in [0, 0.1) is 0 Å². The largest absolute Gasteiger partial charge is 0.454 e. The van der Waals surface area contributed by atoms with Gasteiger partial charge in [0.25, 0.3) is 0 Å². The van der Waals surface area contributed by atoms with Gasteiger partial charge in [-0.1, -0.05) is 30.3 Å². The number of rotatable bonds is 4. The minimum atomic E-state index is -0.484. The lowest BCUT2D eigenvalue weighted by atomic mass is 10.1. The summed E-state index contributed by atoms with van der Waals surface area (Å²) in [5.41, 5.74) is 2.64. The Kier molecular flexibility index (Phi) is 4.35. The summed E-state index contributed by atoms with van der Waals surface area (Å²) in [5.74, 6) is 1.08. The van der Waals surface area contributed by atoms with Crippen LogP contribution in [0.15, 0.2) is 60.8 Å². The zero-order valence-electron chi connectivity index (χ0n) is 16.5. The first-order valence-electron chi connectivity index (χ1n) is 9.65. The first-order valence-corrected chi connectivity index (χ1v) is 9.65. The number of carbonyl (C=O) groups excluding carboxylic acids is 1. The maximum absolute atomic E-state index is 13.1. The second-order valence-electron chi connectivity index (χ2n) is 7.25. The van der Waals surface area contributed by atoms with E-state index in [1.165, 1.54) is 0 Å². The minimum Gasteiger partial charge on any atom is -0.454 e. The number of ether oxygens (including phenoxy) is 3. The molecule has 0 N–H and O–H groups in total. The molecule has 0 unspecified atom stereocenters. The van der Waals surface area contributed by atoms with E-state index in [0.29, 0.717) is 39.5 Å². The molecule has 0 saturated heterocycles. The van der Waals surface area contributed by atoms with Crippen LogP contribution in [0.4, 0.5) is 0 Å². The van der Waals surface area contributed by atoms with E-state index in [-0.39, 0.29) is 12.8 Å². The molecule has 2 aromatic heterocycles. The maximum atomic E-state index is 13.1. The Morgan fingerprint density at radius 2 is 1.87 bits per heavy atom. The molecule has 1 aliphatic rings. The molecule has 0 saturated carbocycles. The van der Waals surface area contributed by atoms with Crippen molar-refractivity contribution in [2.45, 2.75) is 19.9 Å². The Morgan fingerprint density at radius 3 is 2.67 bits per heavy atom. The second-order valence-corrected chi connectivity index (χ2v) is 7.25. The minimum absolute atomic E-state index is 0.0961. The number of hydrogen-bond donors (Lipinski definition) is 0. The normalized spacial score (nSPS) is 12.5. The summed E-state index contributed by atoms with van der Waals surface area (Å²) in [5, 5.41) is 5.08. The molecule has 0 bridgehead atoms. The molecular weight excluding hydrogens is 382 g/mol. The highest BCUT2D eigenvalue weighted by Crippen LogP contribution is 2.35. The highest BCUT2D eigenvalue weighted by molar-refractivity contribution is 6.04.